The minimum absolute atomic E-state index is 0.473. The maximum atomic E-state index is 8.83. The van der Waals surface area contributed by atoms with Crippen molar-refractivity contribution in [1.82, 2.24) is 9.97 Å². The zero-order valence-corrected chi connectivity index (χ0v) is 15.9. The molecular weight excluding hydrogens is 330 g/mol. The molecule has 3 rings (SSSR count). The van der Waals surface area contributed by atoms with E-state index in [1.807, 2.05) is 18.2 Å². The van der Waals surface area contributed by atoms with Gasteiger partial charge in [-0.2, -0.15) is 5.26 Å². The molecular formula is C24H25N3. The van der Waals surface area contributed by atoms with Gasteiger partial charge in [0.2, 0.25) is 0 Å². The van der Waals surface area contributed by atoms with Crippen LogP contribution in [0.3, 0.4) is 0 Å². The molecule has 0 aliphatic rings. The highest BCUT2D eigenvalue weighted by molar-refractivity contribution is 5.67. The molecule has 27 heavy (non-hydrogen) atoms. The predicted molar refractivity (Wildman–Crippen MR) is 110 cm³/mol. The first kappa shape index (κ1) is 18.8. The fourth-order valence-corrected chi connectivity index (χ4v) is 3.14. The lowest BCUT2D eigenvalue weighted by Gasteiger charge is -2.06. The van der Waals surface area contributed by atoms with Crippen LogP contribution >= 0.6 is 0 Å². The van der Waals surface area contributed by atoms with Crippen molar-refractivity contribution in [3.05, 3.63) is 72.1 Å². The molecule has 136 valence electrons. The van der Waals surface area contributed by atoms with E-state index >= 15 is 0 Å². The number of benzene rings is 2. The molecule has 1 aromatic heterocycles. The molecule has 0 fully saturated rings. The number of unbranched alkanes of at least 4 members (excludes halogenated alkanes) is 4. The van der Waals surface area contributed by atoms with Gasteiger partial charge < -0.3 is 0 Å². The molecule has 0 saturated carbocycles. The molecule has 0 unspecified atom stereocenters. The molecule has 0 saturated heterocycles. The molecule has 1 heterocycles. The van der Waals surface area contributed by atoms with Gasteiger partial charge in [-0.25, -0.2) is 9.97 Å². The number of nitriles is 1. The maximum Gasteiger partial charge on any atom is 0.159 e. The highest BCUT2D eigenvalue weighted by atomic mass is 14.9. The molecule has 0 amide bonds. The summed E-state index contributed by atoms with van der Waals surface area (Å²) in [4.78, 5) is 8.49. The summed E-state index contributed by atoms with van der Waals surface area (Å²) in [6.07, 6.45) is 10.9. The molecule has 0 bridgehead atoms. The average molecular weight is 355 g/mol. The Kier molecular flexibility index (Phi) is 6.71. The molecule has 0 aliphatic heterocycles. The average Bonchev–Trinajstić information content (AvgIpc) is 2.74. The largest absolute Gasteiger partial charge is 0.235 e. The second-order valence-electron chi connectivity index (χ2n) is 6.85. The van der Waals surface area contributed by atoms with E-state index in [4.69, 9.17) is 5.26 Å². The van der Waals surface area contributed by atoms with E-state index in [2.05, 4.69) is 53.3 Å². The number of hydrogen-bond donors (Lipinski definition) is 0. The van der Waals surface area contributed by atoms with Crippen molar-refractivity contribution in [2.24, 2.45) is 0 Å². The Balaban J connectivity index is 1.62. The third-order valence-corrected chi connectivity index (χ3v) is 4.78. The summed E-state index contributed by atoms with van der Waals surface area (Å²) >= 11 is 0. The predicted octanol–water partition coefficient (Wildman–Crippen LogP) is 6.20. The standard InChI is InChI=1S/C24H25N3/c1-2-3-4-5-6-7-19-8-10-21(11-9-19)22-12-14-23(15-13-22)24-26-17-20(16-25)18-27-24/h8-15,17-18H,2-7H2,1H3. The Morgan fingerprint density at radius 3 is 1.89 bits per heavy atom. The van der Waals surface area contributed by atoms with Gasteiger partial charge in [-0.3, -0.25) is 0 Å². The van der Waals surface area contributed by atoms with Gasteiger partial charge >= 0.3 is 0 Å². The van der Waals surface area contributed by atoms with E-state index in [1.165, 1.54) is 55.2 Å². The Morgan fingerprint density at radius 1 is 0.741 bits per heavy atom. The van der Waals surface area contributed by atoms with Crippen LogP contribution in [0.25, 0.3) is 22.5 Å². The molecule has 3 heteroatoms. The molecule has 0 radical (unpaired) electrons. The van der Waals surface area contributed by atoms with Gasteiger partial charge in [-0.05, 0) is 29.5 Å². The summed E-state index contributed by atoms with van der Waals surface area (Å²) in [5.74, 6) is 0.638. The summed E-state index contributed by atoms with van der Waals surface area (Å²) in [7, 11) is 0. The van der Waals surface area contributed by atoms with Gasteiger partial charge in [-0.1, -0.05) is 81.1 Å². The monoisotopic (exact) mass is 355 g/mol. The van der Waals surface area contributed by atoms with Crippen LogP contribution < -0.4 is 0 Å². The first-order valence-electron chi connectivity index (χ1n) is 9.72. The van der Waals surface area contributed by atoms with Crippen LogP contribution in [0, 0.1) is 11.3 Å². The van der Waals surface area contributed by atoms with E-state index in [0.717, 1.165) is 5.56 Å². The van der Waals surface area contributed by atoms with Crippen LogP contribution in [0.2, 0.25) is 0 Å². The Labute approximate surface area is 161 Å². The van der Waals surface area contributed by atoms with Gasteiger partial charge in [0.05, 0.1) is 5.56 Å². The highest BCUT2D eigenvalue weighted by Crippen LogP contribution is 2.24. The zero-order valence-electron chi connectivity index (χ0n) is 15.9. The molecule has 0 atom stereocenters. The number of rotatable bonds is 8. The van der Waals surface area contributed by atoms with E-state index < -0.39 is 0 Å². The van der Waals surface area contributed by atoms with E-state index in [-0.39, 0.29) is 0 Å². The quantitative estimate of drug-likeness (QED) is 0.452. The first-order valence-corrected chi connectivity index (χ1v) is 9.72. The van der Waals surface area contributed by atoms with Gasteiger partial charge in [0.25, 0.3) is 0 Å². The van der Waals surface area contributed by atoms with Crippen molar-refractivity contribution in [2.45, 2.75) is 45.4 Å². The lowest BCUT2D eigenvalue weighted by Crippen LogP contribution is -1.90. The van der Waals surface area contributed by atoms with Crippen molar-refractivity contribution in [2.75, 3.05) is 0 Å². The zero-order chi connectivity index (χ0) is 18.9. The Hall–Kier alpha value is -2.99. The second-order valence-corrected chi connectivity index (χ2v) is 6.85. The Morgan fingerprint density at radius 2 is 1.30 bits per heavy atom. The fraction of sp³-hybridized carbons (Fsp3) is 0.292. The Bertz CT molecular complexity index is 873. The van der Waals surface area contributed by atoms with E-state index in [9.17, 15) is 0 Å². The fourth-order valence-electron chi connectivity index (χ4n) is 3.14. The number of hydrogen-bond acceptors (Lipinski definition) is 3. The van der Waals surface area contributed by atoms with Crippen LogP contribution in [-0.2, 0) is 6.42 Å². The van der Waals surface area contributed by atoms with E-state index in [1.54, 1.807) is 12.4 Å². The van der Waals surface area contributed by atoms with Gasteiger partial charge in [-0.15, -0.1) is 0 Å². The lowest BCUT2D eigenvalue weighted by atomic mass is 10.00. The SMILES string of the molecule is CCCCCCCc1ccc(-c2ccc(-c3ncc(C#N)cn3)cc2)cc1. The van der Waals surface area contributed by atoms with Crippen molar-refractivity contribution < 1.29 is 0 Å². The smallest absolute Gasteiger partial charge is 0.159 e. The van der Waals surface area contributed by atoms with E-state index in [0.29, 0.717) is 11.4 Å². The minimum atomic E-state index is 0.473. The van der Waals surface area contributed by atoms with Crippen molar-refractivity contribution in [3.8, 4) is 28.6 Å². The summed E-state index contributed by atoms with van der Waals surface area (Å²) in [5, 5.41) is 8.83. The highest BCUT2D eigenvalue weighted by Gasteiger charge is 2.03. The van der Waals surface area contributed by atoms with Gasteiger partial charge in [0, 0.05) is 18.0 Å². The van der Waals surface area contributed by atoms with Crippen molar-refractivity contribution in [3.63, 3.8) is 0 Å². The lowest BCUT2D eigenvalue weighted by molar-refractivity contribution is 0.632. The number of nitrogens with zero attached hydrogens (tertiary/aromatic N) is 3. The number of aryl methyl sites for hydroxylation is 1. The molecule has 0 aliphatic carbocycles. The molecule has 3 aromatic rings. The topological polar surface area (TPSA) is 49.6 Å². The van der Waals surface area contributed by atoms with Crippen molar-refractivity contribution in [1.29, 1.82) is 5.26 Å². The van der Waals surface area contributed by atoms with Crippen LogP contribution in [0.4, 0.5) is 0 Å². The summed E-state index contributed by atoms with van der Waals surface area (Å²) in [6, 6.07) is 19.2. The third kappa shape index (κ3) is 5.24. The minimum Gasteiger partial charge on any atom is -0.235 e. The molecule has 0 spiro atoms. The van der Waals surface area contributed by atoms with Crippen molar-refractivity contribution >= 4 is 0 Å². The summed E-state index contributed by atoms with van der Waals surface area (Å²) in [5.41, 5.74) is 5.24. The normalized spacial score (nSPS) is 10.5. The van der Waals surface area contributed by atoms with Crippen LogP contribution in [0.1, 0.15) is 50.2 Å². The third-order valence-electron chi connectivity index (χ3n) is 4.78. The van der Waals surface area contributed by atoms with Gasteiger partial charge in [0.1, 0.15) is 6.07 Å². The second kappa shape index (κ2) is 9.64. The molecule has 0 N–H and O–H groups in total. The van der Waals surface area contributed by atoms with Gasteiger partial charge in [0.15, 0.2) is 5.82 Å². The molecule has 3 nitrogen and oxygen atoms in total. The first-order chi connectivity index (χ1) is 13.3. The number of aromatic nitrogens is 2. The van der Waals surface area contributed by atoms with Crippen LogP contribution in [0.15, 0.2) is 60.9 Å². The molecule has 2 aromatic carbocycles. The van der Waals surface area contributed by atoms with Crippen LogP contribution in [0.5, 0.6) is 0 Å². The summed E-state index contributed by atoms with van der Waals surface area (Å²) in [6.45, 7) is 2.25. The summed E-state index contributed by atoms with van der Waals surface area (Å²) < 4.78 is 0. The van der Waals surface area contributed by atoms with Crippen LogP contribution in [-0.4, -0.2) is 9.97 Å². The maximum absolute atomic E-state index is 8.83.